The molecule has 0 saturated carbocycles. The molecule has 0 bridgehead atoms. The highest BCUT2D eigenvalue weighted by Gasteiger charge is 2.56. The Morgan fingerprint density at radius 2 is 1.87 bits per heavy atom. The number of halogens is 2. The standard InChI is InChI=1S/C21H31F2N3O4Si/c1-20(2,3)31(6,7)27-10-13-15-16(30-21(4,5)29-15)19(28-13)26-9-8-12-14(17(22)23)24-11-25-18(12)26/h8-9,11,13,15-17,19H,10H2,1-7H3/t13-,15-,16-,19-/m1/s1. The molecule has 0 aromatic carbocycles. The Morgan fingerprint density at radius 1 is 1.19 bits per heavy atom. The van der Waals surface area contributed by atoms with Crippen LogP contribution in [0.5, 0.6) is 0 Å². The second-order valence-electron chi connectivity index (χ2n) is 10.2. The van der Waals surface area contributed by atoms with E-state index in [1.54, 1.807) is 16.8 Å². The largest absolute Gasteiger partial charge is 0.414 e. The van der Waals surface area contributed by atoms with Crippen molar-refractivity contribution in [3.63, 3.8) is 0 Å². The van der Waals surface area contributed by atoms with Gasteiger partial charge in [0.25, 0.3) is 6.43 Å². The molecule has 7 nitrogen and oxygen atoms in total. The Bertz CT molecular complexity index is 960. The average molecular weight is 456 g/mol. The van der Waals surface area contributed by atoms with Crippen LogP contribution in [0.1, 0.15) is 53.0 Å². The molecule has 2 aliphatic heterocycles. The molecule has 0 N–H and O–H groups in total. The highest BCUT2D eigenvalue weighted by atomic mass is 28.4. The van der Waals surface area contributed by atoms with Gasteiger partial charge in [0.15, 0.2) is 20.3 Å². The third kappa shape index (κ3) is 4.04. The molecular formula is C21H31F2N3O4Si. The highest BCUT2D eigenvalue weighted by molar-refractivity contribution is 6.74. The number of fused-ring (bicyclic) bond motifs is 2. The lowest BCUT2D eigenvalue weighted by molar-refractivity contribution is -0.199. The molecule has 0 radical (unpaired) electrons. The minimum Gasteiger partial charge on any atom is -0.414 e. The van der Waals surface area contributed by atoms with Crippen molar-refractivity contribution in [2.45, 2.75) is 89.5 Å². The fourth-order valence-corrected chi connectivity index (χ4v) is 4.91. The first-order valence-electron chi connectivity index (χ1n) is 10.6. The summed E-state index contributed by atoms with van der Waals surface area (Å²) in [6.07, 6.45) is -1.51. The van der Waals surface area contributed by atoms with Gasteiger partial charge in [0, 0.05) is 11.6 Å². The van der Waals surface area contributed by atoms with E-state index in [9.17, 15) is 8.78 Å². The summed E-state index contributed by atoms with van der Waals surface area (Å²) in [5.74, 6) is -0.779. The minimum absolute atomic E-state index is 0.0654. The molecule has 4 heterocycles. The van der Waals surface area contributed by atoms with E-state index in [1.165, 1.54) is 0 Å². The molecule has 2 aromatic heterocycles. The zero-order valence-corrected chi connectivity index (χ0v) is 20.1. The topological polar surface area (TPSA) is 67.6 Å². The Balaban J connectivity index is 1.64. The molecule has 2 fully saturated rings. The van der Waals surface area contributed by atoms with Crippen molar-refractivity contribution in [1.29, 1.82) is 0 Å². The lowest BCUT2D eigenvalue weighted by atomic mass is 10.1. The van der Waals surface area contributed by atoms with Crippen LogP contribution in [0.2, 0.25) is 18.1 Å². The van der Waals surface area contributed by atoms with Crippen LogP contribution in [-0.2, 0) is 18.6 Å². The van der Waals surface area contributed by atoms with E-state index in [1.807, 2.05) is 13.8 Å². The summed E-state index contributed by atoms with van der Waals surface area (Å²) < 4.78 is 53.6. The molecule has 2 aromatic rings. The van der Waals surface area contributed by atoms with E-state index in [0.717, 1.165) is 6.33 Å². The van der Waals surface area contributed by atoms with E-state index >= 15 is 0 Å². The van der Waals surface area contributed by atoms with Crippen molar-refractivity contribution in [3.05, 3.63) is 24.3 Å². The van der Waals surface area contributed by atoms with Crippen molar-refractivity contribution in [3.8, 4) is 0 Å². The normalized spacial score (nSPS) is 28.6. The van der Waals surface area contributed by atoms with Gasteiger partial charge in [0.2, 0.25) is 0 Å². The third-order valence-corrected chi connectivity index (χ3v) is 11.1. The maximum Gasteiger partial charge on any atom is 0.281 e. The highest BCUT2D eigenvalue weighted by Crippen LogP contribution is 2.45. The van der Waals surface area contributed by atoms with Crippen LogP contribution in [-0.4, -0.2) is 53.6 Å². The second-order valence-corrected chi connectivity index (χ2v) is 15.0. The van der Waals surface area contributed by atoms with Gasteiger partial charge in [-0.05, 0) is 38.0 Å². The smallest absolute Gasteiger partial charge is 0.281 e. The van der Waals surface area contributed by atoms with E-state index in [-0.39, 0.29) is 22.9 Å². The van der Waals surface area contributed by atoms with Crippen LogP contribution >= 0.6 is 0 Å². The van der Waals surface area contributed by atoms with Gasteiger partial charge in [0.05, 0.1) is 6.61 Å². The predicted octanol–water partition coefficient (Wildman–Crippen LogP) is 4.81. The average Bonchev–Trinajstić information content (AvgIpc) is 3.29. The summed E-state index contributed by atoms with van der Waals surface area (Å²) in [5.41, 5.74) is 0.0911. The van der Waals surface area contributed by atoms with Gasteiger partial charge >= 0.3 is 0 Å². The van der Waals surface area contributed by atoms with Crippen LogP contribution < -0.4 is 0 Å². The molecule has 31 heavy (non-hydrogen) atoms. The molecule has 0 amide bonds. The quantitative estimate of drug-likeness (QED) is 0.603. The van der Waals surface area contributed by atoms with Crippen LogP contribution in [0.15, 0.2) is 18.6 Å². The van der Waals surface area contributed by atoms with Crippen LogP contribution in [0, 0.1) is 0 Å². The first kappa shape index (κ1) is 22.7. The fraction of sp³-hybridized carbons (Fsp3) is 0.714. The summed E-state index contributed by atoms with van der Waals surface area (Å²) in [4.78, 5) is 7.98. The summed E-state index contributed by atoms with van der Waals surface area (Å²) in [6, 6.07) is 1.59. The number of alkyl halides is 2. The number of aromatic nitrogens is 3. The van der Waals surface area contributed by atoms with Crippen LogP contribution in [0.3, 0.4) is 0 Å². The maximum atomic E-state index is 13.4. The fourth-order valence-electron chi connectivity index (χ4n) is 3.89. The van der Waals surface area contributed by atoms with Gasteiger partial charge in [0.1, 0.15) is 36.0 Å². The monoisotopic (exact) mass is 455 g/mol. The third-order valence-electron chi connectivity index (χ3n) is 6.56. The number of rotatable bonds is 5. The van der Waals surface area contributed by atoms with Gasteiger partial charge in [-0.3, -0.25) is 0 Å². The summed E-state index contributed by atoms with van der Waals surface area (Å²) in [6.45, 7) is 15.0. The Morgan fingerprint density at radius 3 is 2.52 bits per heavy atom. The van der Waals surface area contributed by atoms with Gasteiger partial charge in [-0.15, -0.1) is 0 Å². The van der Waals surface area contributed by atoms with Crippen molar-refractivity contribution in [2.75, 3.05) is 6.61 Å². The number of ether oxygens (including phenoxy) is 3. The van der Waals surface area contributed by atoms with E-state index < -0.39 is 32.9 Å². The Hall–Kier alpha value is -1.46. The van der Waals surface area contributed by atoms with Crippen molar-refractivity contribution in [1.82, 2.24) is 14.5 Å². The Kier molecular flexibility index (Phi) is 5.53. The first-order valence-corrected chi connectivity index (χ1v) is 13.5. The molecule has 2 aliphatic rings. The van der Waals surface area contributed by atoms with Gasteiger partial charge in [-0.2, -0.15) is 0 Å². The summed E-state index contributed by atoms with van der Waals surface area (Å²) in [7, 11) is -1.99. The van der Waals surface area contributed by atoms with Crippen LogP contribution in [0.4, 0.5) is 8.78 Å². The lowest BCUT2D eigenvalue weighted by Gasteiger charge is -2.37. The summed E-state index contributed by atoms with van der Waals surface area (Å²) >= 11 is 0. The molecule has 10 heteroatoms. The van der Waals surface area contributed by atoms with Gasteiger partial charge < -0.3 is 23.2 Å². The van der Waals surface area contributed by atoms with Crippen molar-refractivity contribution < 1.29 is 27.4 Å². The molecule has 172 valence electrons. The molecular weight excluding hydrogens is 424 g/mol. The second kappa shape index (κ2) is 7.55. The summed E-state index contributed by atoms with van der Waals surface area (Å²) in [5, 5.41) is 0.368. The van der Waals surface area contributed by atoms with Crippen LogP contribution in [0.25, 0.3) is 11.0 Å². The Labute approximate surface area is 182 Å². The van der Waals surface area contributed by atoms with Crippen molar-refractivity contribution in [2.24, 2.45) is 0 Å². The molecule has 2 saturated heterocycles. The number of hydrogen-bond acceptors (Lipinski definition) is 6. The molecule has 4 rings (SSSR count). The van der Waals surface area contributed by atoms with E-state index in [2.05, 4.69) is 43.8 Å². The predicted molar refractivity (Wildman–Crippen MR) is 113 cm³/mol. The van der Waals surface area contributed by atoms with Gasteiger partial charge in [-0.1, -0.05) is 20.8 Å². The number of nitrogens with zero attached hydrogens (tertiary/aromatic N) is 3. The number of hydrogen-bond donors (Lipinski definition) is 0. The molecule has 0 aliphatic carbocycles. The minimum atomic E-state index is -2.69. The molecule has 0 spiro atoms. The van der Waals surface area contributed by atoms with Crippen molar-refractivity contribution >= 4 is 19.4 Å². The van der Waals surface area contributed by atoms with Gasteiger partial charge in [-0.25, -0.2) is 18.7 Å². The lowest BCUT2D eigenvalue weighted by Crippen LogP contribution is -2.44. The maximum absolute atomic E-state index is 13.4. The first-order chi connectivity index (χ1) is 14.3. The SMILES string of the molecule is CC1(C)O[C@@H]2[C@H](O1)[C@@H](CO[Si](C)(C)C(C)(C)C)O[C@H]2n1ccc2c(C(F)F)ncnc21. The van der Waals surface area contributed by atoms with E-state index in [0.29, 0.717) is 17.6 Å². The zero-order chi connectivity index (χ0) is 22.8. The molecule has 4 atom stereocenters. The van der Waals surface area contributed by atoms with E-state index in [4.69, 9.17) is 18.6 Å². The molecule has 0 unspecified atom stereocenters. The zero-order valence-electron chi connectivity index (χ0n) is 19.1.